The van der Waals surface area contributed by atoms with E-state index in [-0.39, 0.29) is 5.91 Å². The van der Waals surface area contributed by atoms with Crippen molar-refractivity contribution in [3.05, 3.63) is 95.7 Å². The van der Waals surface area contributed by atoms with E-state index in [9.17, 15) is 4.79 Å². The second-order valence-corrected chi connectivity index (χ2v) is 8.35. The van der Waals surface area contributed by atoms with Gasteiger partial charge in [0.2, 0.25) is 11.9 Å². The first kappa shape index (κ1) is 25.2. The maximum absolute atomic E-state index is 12.4. The molecular formula is C29H29N5O3. The van der Waals surface area contributed by atoms with E-state index >= 15 is 0 Å². The molecule has 3 aromatic carbocycles. The summed E-state index contributed by atoms with van der Waals surface area (Å²) < 4.78 is 10.5. The lowest BCUT2D eigenvalue weighted by molar-refractivity contribution is -0.111. The van der Waals surface area contributed by atoms with Crippen molar-refractivity contribution in [2.24, 2.45) is 0 Å². The molecule has 8 nitrogen and oxygen atoms in total. The van der Waals surface area contributed by atoms with Gasteiger partial charge in [0, 0.05) is 34.9 Å². The molecule has 1 heterocycles. The van der Waals surface area contributed by atoms with Crippen molar-refractivity contribution in [3.8, 4) is 11.5 Å². The topological polar surface area (TPSA) is 97.4 Å². The predicted molar refractivity (Wildman–Crippen MR) is 148 cm³/mol. The van der Waals surface area contributed by atoms with Crippen LogP contribution in [-0.2, 0) is 4.79 Å². The fourth-order valence-electron chi connectivity index (χ4n) is 3.55. The molecule has 0 atom stereocenters. The van der Waals surface area contributed by atoms with Crippen LogP contribution in [0.25, 0.3) is 6.08 Å². The van der Waals surface area contributed by atoms with Crippen LogP contribution in [0.4, 0.5) is 28.8 Å². The Labute approximate surface area is 216 Å². The Morgan fingerprint density at radius 2 is 1.41 bits per heavy atom. The van der Waals surface area contributed by atoms with Gasteiger partial charge in [-0.25, -0.2) is 4.98 Å². The number of aryl methyl sites for hydroxylation is 2. The summed E-state index contributed by atoms with van der Waals surface area (Å²) in [6.07, 6.45) is 3.18. The number of anilines is 5. The number of carbonyl (C=O) groups excluding carboxylic acids is 1. The molecule has 0 bridgehead atoms. The molecule has 0 saturated carbocycles. The van der Waals surface area contributed by atoms with Gasteiger partial charge in [-0.2, -0.15) is 4.98 Å². The molecule has 1 aromatic heterocycles. The zero-order chi connectivity index (χ0) is 26.2. The summed E-state index contributed by atoms with van der Waals surface area (Å²) in [6, 6.07) is 22.8. The number of rotatable bonds is 9. The van der Waals surface area contributed by atoms with Crippen molar-refractivity contribution in [1.29, 1.82) is 0 Å². The molecule has 8 heteroatoms. The van der Waals surface area contributed by atoms with Gasteiger partial charge in [-0.15, -0.1) is 0 Å². The van der Waals surface area contributed by atoms with Crippen LogP contribution in [0.1, 0.15) is 16.8 Å². The number of aromatic nitrogens is 2. The fraction of sp³-hybridized carbons (Fsp3) is 0.138. The minimum Gasteiger partial charge on any atom is -0.493 e. The molecule has 0 spiro atoms. The van der Waals surface area contributed by atoms with Crippen molar-refractivity contribution in [3.63, 3.8) is 0 Å². The minimum atomic E-state index is -0.246. The van der Waals surface area contributed by atoms with Gasteiger partial charge in [-0.3, -0.25) is 4.79 Å². The first-order valence-corrected chi connectivity index (χ1v) is 11.7. The number of nitrogens with one attached hydrogen (secondary N) is 3. The number of ether oxygens (including phenoxy) is 2. The lowest BCUT2D eigenvalue weighted by atomic mass is 10.2. The van der Waals surface area contributed by atoms with Crippen LogP contribution in [0.15, 0.2) is 78.9 Å². The van der Waals surface area contributed by atoms with Gasteiger partial charge in [-0.05, 0) is 74.0 Å². The number of benzene rings is 3. The lowest BCUT2D eigenvalue weighted by Crippen LogP contribution is -2.07. The van der Waals surface area contributed by atoms with Crippen LogP contribution in [0, 0.1) is 13.8 Å². The standard InChI is InChI=1S/C29H29N5O3/c1-19-5-9-22(10-6-19)31-27-17-20(2)30-29(34-27)33-24-13-11-23(12-14-24)32-28(35)16-8-21-7-15-25(36-3)26(18-21)37-4/h5-18H,1-4H3,(H,32,35)(H2,30,31,33,34)/b16-8+. The van der Waals surface area contributed by atoms with Crippen LogP contribution >= 0.6 is 0 Å². The van der Waals surface area contributed by atoms with E-state index in [4.69, 9.17) is 9.47 Å². The maximum atomic E-state index is 12.4. The number of carbonyl (C=O) groups is 1. The number of amides is 1. The molecular weight excluding hydrogens is 466 g/mol. The van der Waals surface area contributed by atoms with Crippen LogP contribution < -0.4 is 25.4 Å². The molecule has 0 fully saturated rings. The molecule has 0 aliphatic carbocycles. The zero-order valence-electron chi connectivity index (χ0n) is 21.2. The molecule has 188 valence electrons. The number of hydrogen-bond donors (Lipinski definition) is 3. The van der Waals surface area contributed by atoms with Gasteiger partial charge >= 0.3 is 0 Å². The fourth-order valence-corrected chi connectivity index (χ4v) is 3.55. The largest absolute Gasteiger partial charge is 0.493 e. The van der Waals surface area contributed by atoms with Gasteiger partial charge < -0.3 is 25.4 Å². The Balaban J connectivity index is 1.37. The molecule has 37 heavy (non-hydrogen) atoms. The van der Waals surface area contributed by atoms with E-state index in [1.165, 1.54) is 11.6 Å². The smallest absolute Gasteiger partial charge is 0.248 e. The van der Waals surface area contributed by atoms with Gasteiger partial charge in [0.15, 0.2) is 11.5 Å². The summed E-state index contributed by atoms with van der Waals surface area (Å²) in [7, 11) is 3.15. The first-order valence-electron chi connectivity index (χ1n) is 11.7. The van der Waals surface area contributed by atoms with Crippen molar-refractivity contribution in [2.45, 2.75) is 13.8 Å². The normalized spacial score (nSPS) is 10.7. The lowest BCUT2D eigenvalue weighted by Gasteiger charge is -2.11. The molecule has 0 radical (unpaired) electrons. The molecule has 3 N–H and O–H groups in total. The van der Waals surface area contributed by atoms with Crippen LogP contribution in [0.5, 0.6) is 11.5 Å². The number of methoxy groups -OCH3 is 2. The highest BCUT2D eigenvalue weighted by Crippen LogP contribution is 2.28. The SMILES string of the molecule is COc1ccc(/C=C/C(=O)Nc2ccc(Nc3nc(C)cc(Nc4ccc(C)cc4)n3)cc2)cc1OC. The summed E-state index contributed by atoms with van der Waals surface area (Å²) in [6.45, 7) is 3.97. The highest BCUT2D eigenvalue weighted by Gasteiger charge is 2.06. The molecule has 0 unspecified atom stereocenters. The second-order valence-electron chi connectivity index (χ2n) is 8.35. The third-order valence-electron chi connectivity index (χ3n) is 5.42. The summed E-state index contributed by atoms with van der Waals surface area (Å²) >= 11 is 0. The van der Waals surface area contributed by atoms with Crippen molar-refractivity contribution in [2.75, 3.05) is 30.2 Å². The van der Waals surface area contributed by atoms with E-state index < -0.39 is 0 Å². The summed E-state index contributed by atoms with van der Waals surface area (Å²) in [4.78, 5) is 21.4. The average molecular weight is 496 g/mol. The Bertz CT molecular complexity index is 1400. The first-order chi connectivity index (χ1) is 17.9. The average Bonchev–Trinajstić information content (AvgIpc) is 2.89. The number of hydrogen-bond acceptors (Lipinski definition) is 7. The van der Waals surface area contributed by atoms with Crippen LogP contribution in [-0.4, -0.2) is 30.1 Å². The van der Waals surface area contributed by atoms with Gasteiger partial charge in [0.1, 0.15) is 5.82 Å². The third-order valence-corrected chi connectivity index (χ3v) is 5.42. The Morgan fingerprint density at radius 1 is 0.757 bits per heavy atom. The van der Waals surface area contributed by atoms with E-state index in [2.05, 4.69) is 25.9 Å². The molecule has 0 aliphatic heterocycles. The van der Waals surface area contributed by atoms with E-state index in [0.29, 0.717) is 29.0 Å². The molecule has 0 aliphatic rings. The predicted octanol–water partition coefficient (Wildman–Crippen LogP) is 6.25. The second kappa shape index (κ2) is 11.7. The highest BCUT2D eigenvalue weighted by molar-refractivity contribution is 6.02. The van der Waals surface area contributed by atoms with E-state index in [1.807, 2.05) is 74.5 Å². The van der Waals surface area contributed by atoms with Crippen LogP contribution in [0.2, 0.25) is 0 Å². The van der Waals surface area contributed by atoms with E-state index in [0.717, 1.165) is 22.6 Å². The molecule has 1 amide bonds. The van der Waals surface area contributed by atoms with Crippen molar-refractivity contribution >= 4 is 40.8 Å². The Hall–Kier alpha value is -4.85. The van der Waals surface area contributed by atoms with E-state index in [1.54, 1.807) is 32.4 Å². The monoisotopic (exact) mass is 495 g/mol. The Kier molecular flexibility index (Phi) is 8.00. The highest BCUT2D eigenvalue weighted by atomic mass is 16.5. The van der Waals surface area contributed by atoms with Crippen LogP contribution in [0.3, 0.4) is 0 Å². The summed E-state index contributed by atoms with van der Waals surface area (Å²) in [5, 5.41) is 9.38. The number of nitrogens with zero attached hydrogens (tertiary/aromatic N) is 2. The van der Waals surface area contributed by atoms with Crippen molar-refractivity contribution < 1.29 is 14.3 Å². The molecule has 4 aromatic rings. The maximum Gasteiger partial charge on any atom is 0.248 e. The third kappa shape index (κ3) is 7.08. The quantitative estimate of drug-likeness (QED) is 0.236. The molecule has 0 saturated heterocycles. The van der Waals surface area contributed by atoms with Gasteiger partial charge in [0.05, 0.1) is 14.2 Å². The van der Waals surface area contributed by atoms with Gasteiger partial charge in [0.25, 0.3) is 0 Å². The summed E-state index contributed by atoms with van der Waals surface area (Å²) in [5.41, 5.74) is 5.26. The summed E-state index contributed by atoms with van der Waals surface area (Å²) in [5.74, 6) is 2.16. The zero-order valence-corrected chi connectivity index (χ0v) is 21.2. The Morgan fingerprint density at radius 3 is 2.11 bits per heavy atom. The minimum absolute atomic E-state index is 0.246. The van der Waals surface area contributed by atoms with Crippen molar-refractivity contribution in [1.82, 2.24) is 9.97 Å². The van der Waals surface area contributed by atoms with Gasteiger partial charge in [-0.1, -0.05) is 23.8 Å². The molecule has 4 rings (SSSR count).